The van der Waals surface area contributed by atoms with Crippen LogP contribution >= 0.6 is 0 Å². The third kappa shape index (κ3) is 3.47. The number of nitrogens with zero attached hydrogens (tertiary/aromatic N) is 7. The summed E-state index contributed by atoms with van der Waals surface area (Å²) in [5, 5.41) is 8.15. The van der Waals surface area contributed by atoms with Gasteiger partial charge in [0.1, 0.15) is 5.54 Å². The van der Waals surface area contributed by atoms with E-state index in [1.54, 1.807) is 22.7 Å². The molecule has 2 aliphatic heterocycles. The molecule has 10 heteroatoms. The molecule has 0 bridgehead atoms. The Bertz CT molecular complexity index is 868. The molecule has 1 spiro atoms. The van der Waals surface area contributed by atoms with Crippen LogP contribution in [0.3, 0.4) is 0 Å². The molecule has 0 aliphatic carbocycles. The first-order chi connectivity index (χ1) is 13.9. The number of aryl methyl sites for hydroxylation is 1. The van der Waals surface area contributed by atoms with Gasteiger partial charge >= 0.3 is 6.03 Å². The van der Waals surface area contributed by atoms with Crippen molar-refractivity contribution in [3.05, 3.63) is 24.4 Å². The molecule has 3 amide bonds. The number of amides is 3. The number of aromatic nitrogens is 4. The molecule has 0 aromatic carbocycles. The van der Waals surface area contributed by atoms with E-state index in [-0.39, 0.29) is 17.9 Å². The number of rotatable bonds is 6. The predicted molar refractivity (Wildman–Crippen MR) is 104 cm³/mol. The van der Waals surface area contributed by atoms with E-state index in [0.717, 1.165) is 0 Å². The minimum absolute atomic E-state index is 0.0979. The van der Waals surface area contributed by atoms with Crippen molar-refractivity contribution in [2.45, 2.75) is 45.7 Å². The van der Waals surface area contributed by atoms with Crippen molar-refractivity contribution in [2.24, 2.45) is 5.92 Å². The van der Waals surface area contributed by atoms with Crippen molar-refractivity contribution in [1.29, 1.82) is 0 Å². The van der Waals surface area contributed by atoms with Crippen LogP contribution in [0.25, 0.3) is 0 Å². The van der Waals surface area contributed by atoms with Crippen LogP contribution in [0.4, 0.5) is 10.7 Å². The first-order valence-electron chi connectivity index (χ1n) is 10.1. The fourth-order valence-electron chi connectivity index (χ4n) is 4.21. The zero-order chi connectivity index (χ0) is 20.6. The maximum atomic E-state index is 13.5. The number of anilines is 1. The van der Waals surface area contributed by atoms with Gasteiger partial charge in [-0.15, -0.1) is 0 Å². The van der Waals surface area contributed by atoms with E-state index in [1.165, 1.54) is 4.90 Å². The molecule has 156 valence electrons. The molecule has 4 rings (SSSR count). The van der Waals surface area contributed by atoms with Gasteiger partial charge in [-0.1, -0.05) is 13.8 Å². The van der Waals surface area contributed by atoms with Gasteiger partial charge in [-0.3, -0.25) is 14.4 Å². The third-order valence-electron chi connectivity index (χ3n) is 5.67. The van der Waals surface area contributed by atoms with Crippen LogP contribution in [-0.2, 0) is 11.3 Å². The maximum absolute atomic E-state index is 13.5. The summed E-state index contributed by atoms with van der Waals surface area (Å²) in [7, 11) is 0. The Morgan fingerprint density at radius 1 is 1.21 bits per heavy atom. The first kappa shape index (κ1) is 19.4. The highest BCUT2D eigenvalue weighted by molar-refractivity contribution is 6.07. The summed E-state index contributed by atoms with van der Waals surface area (Å²) in [6.45, 7) is 8.45. The van der Waals surface area contributed by atoms with E-state index in [1.807, 2.05) is 17.2 Å². The maximum Gasteiger partial charge on any atom is 0.327 e. The molecule has 2 aliphatic rings. The van der Waals surface area contributed by atoms with Gasteiger partial charge in [0, 0.05) is 39.0 Å². The Hall–Kier alpha value is -2.91. The van der Waals surface area contributed by atoms with Crippen LogP contribution in [0.5, 0.6) is 0 Å². The average molecular weight is 401 g/mol. The molecule has 0 atom stereocenters. The summed E-state index contributed by atoms with van der Waals surface area (Å²) in [6.07, 6.45) is 4.62. The molecular weight excluding hydrogens is 374 g/mol. The van der Waals surface area contributed by atoms with Crippen LogP contribution in [-0.4, -0.2) is 73.4 Å². The minimum Gasteiger partial charge on any atom is -0.338 e. The van der Waals surface area contributed by atoms with Crippen molar-refractivity contribution in [3.8, 4) is 0 Å². The number of hydrogen-bond donors (Lipinski definition) is 0. The Balaban J connectivity index is 1.53. The van der Waals surface area contributed by atoms with Gasteiger partial charge in [-0.2, -0.15) is 10.1 Å². The Kier molecular flexibility index (Phi) is 5.01. The lowest BCUT2D eigenvalue weighted by Crippen LogP contribution is -2.57. The largest absolute Gasteiger partial charge is 0.338 e. The molecular formula is C19H27N7O3. The Morgan fingerprint density at radius 2 is 1.97 bits per heavy atom. The number of carbonyl (C=O) groups excluding carboxylic acids is 2. The second kappa shape index (κ2) is 7.49. The van der Waals surface area contributed by atoms with Crippen LogP contribution in [0.15, 0.2) is 23.0 Å². The lowest BCUT2D eigenvalue weighted by Gasteiger charge is -2.42. The van der Waals surface area contributed by atoms with Gasteiger partial charge in [-0.05, 0) is 30.0 Å². The summed E-state index contributed by atoms with van der Waals surface area (Å²) < 4.78 is 6.82. The van der Waals surface area contributed by atoms with Gasteiger partial charge in [0.05, 0.1) is 13.1 Å². The average Bonchev–Trinajstić information content (AvgIpc) is 3.40. The highest BCUT2D eigenvalue weighted by Crippen LogP contribution is 2.38. The van der Waals surface area contributed by atoms with Crippen LogP contribution < -0.4 is 4.90 Å². The topological polar surface area (TPSA) is 101 Å². The van der Waals surface area contributed by atoms with E-state index in [4.69, 9.17) is 4.52 Å². The number of carbonyl (C=O) groups is 2. The van der Waals surface area contributed by atoms with Crippen LogP contribution in [0, 0.1) is 12.8 Å². The van der Waals surface area contributed by atoms with E-state index in [0.29, 0.717) is 57.4 Å². The fourth-order valence-corrected chi connectivity index (χ4v) is 4.21. The molecule has 2 aromatic heterocycles. The standard InChI is InChI=1S/C19H27N7O3/c1-14(2)13-26-18(28)25(12-11-24-8-4-7-20-24)16(27)19(26)5-9-23(10-6-19)17-21-15(3)29-22-17/h4,7-8,14H,5-6,9-13H2,1-3H3. The van der Waals surface area contributed by atoms with Gasteiger partial charge < -0.3 is 14.3 Å². The van der Waals surface area contributed by atoms with Crippen molar-refractivity contribution in [1.82, 2.24) is 29.7 Å². The molecule has 2 fully saturated rings. The second-order valence-electron chi connectivity index (χ2n) is 8.14. The smallest absolute Gasteiger partial charge is 0.327 e. The molecule has 0 saturated carbocycles. The monoisotopic (exact) mass is 401 g/mol. The highest BCUT2D eigenvalue weighted by Gasteiger charge is 2.57. The normalized spacial score (nSPS) is 19.2. The Labute approximate surface area is 169 Å². The van der Waals surface area contributed by atoms with Gasteiger partial charge in [0.25, 0.3) is 11.9 Å². The molecule has 29 heavy (non-hydrogen) atoms. The third-order valence-corrected chi connectivity index (χ3v) is 5.67. The predicted octanol–water partition coefficient (Wildman–Crippen LogP) is 1.53. The first-order valence-corrected chi connectivity index (χ1v) is 10.1. The Morgan fingerprint density at radius 3 is 2.55 bits per heavy atom. The molecule has 2 saturated heterocycles. The molecule has 4 heterocycles. The van der Waals surface area contributed by atoms with E-state index < -0.39 is 5.54 Å². The summed E-state index contributed by atoms with van der Waals surface area (Å²) in [5.41, 5.74) is -0.791. The van der Waals surface area contributed by atoms with Gasteiger partial charge in [0.15, 0.2) is 0 Å². The molecule has 0 unspecified atom stereocenters. The summed E-state index contributed by atoms with van der Waals surface area (Å²) in [5.74, 6) is 1.23. The quantitative estimate of drug-likeness (QED) is 0.677. The number of urea groups is 1. The lowest BCUT2D eigenvalue weighted by atomic mass is 9.85. The molecule has 10 nitrogen and oxygen atoms in total. The number of hydrogen-bond acceptors (Lipinski definition) is 7. The minimum atomic E-state index is -0.791. The molecule has 0 N–H and O–H groups in total. The second-order valence-corrected chi connectivity index (χ2v) is 8.14. The van der Waals surface area contributed by atoms with Crippen LogP contribution in [0.1, 0.15) is 32.6 Å². The zero-order valence-electron chi connectivity index (χ0n) is 17.1. The van der Waals surface area contributed by atoms with E-state index in [9.17, 15) is 9.59 Å². The van der Waals surface area contributed by atoms with Gasteiger partial charge in [0.2, 0.25) is 5.89 Å². The number of imide groups is 1. The molecule has 2 aromatic rings. The molecule has 0 radical (unpaired) electrons. The zero-order valence-corrected chi connectivity index (χ0v) is 17.1. The highest BCUT2D eigenvalue weighted by atomic mass is 16.5. The van der Waals surface area contributed by atoms with Crippen molar-refractivity contribution in [2.75, 3.05) is 31.1 Å². The van der Waals surface area contributed by atoms with Gasteiger partial charge in [-0.25, -0.2) is 4.79 Å². The van der Waals surface area contributed by atoms with Crippen molar-refractivity contribution < 1.29 is 14.1 Å². The lowest BCUT2D eigenvalue weighted by molar-refractivity contribution is -0.134. The number of piperidine rings is 1. The van der Waals surface area contributed by atoms with Crippen molar-refractivity contribution >= 4 is 17.9 Å². The van der Waals surface area contributed by atoms with E-state index in [2.05, 4.69) is 29.1 Å². The van der Waals surface area contributed by atoms with Crippen molar-refractivity contribution in [3.63, 3.8) is 0 Å². The fraction of sp³-hybridized carbons (Fsp3) is 0.632. The summed E-state index contributed by atoms with van der Waals surface area (Å²) in [4.78, 5) is 36.1. The summed E-state index contributed by atoms with van der Waals surface area (Å²) >= 11 is 0. The van der Waals surface area contributed by atoms with E-state index >= 15 is 0 Å². The summed E-state index contributed by atoms with van der Waals surface area (Å²) in [6, 6.07) is 1.63. The van der Waals surface area contributed by atoms with Crippen LogP contribution in [0.2, 0.25) is 0 Å². The SMILES string of the molecule is Cc1nc(N2CCC3(CC2)C(=O)N(CCn2cccn2)C(=O)N3CC(C)C)no1.